The molecule has 1 aromatic carbocycles. The zero-order valence-electron chi connectivity index (χ0n) is 17.4. The molecule has 156 valence electrons. The summed E-state index contributed by atoms with van der Waals surface area (Å²) in [6.45, 7) is 7.41. The molecule has 0 atom stereocenters. The zero-order valence-corrected chi connectivity index (χ0v) is 17.4. The number of carbonyl (C=O) groups excluding carboxylic acids is 2. The van der Waals surface area contributed by atoms with E-state index in [0.29, 0.717) is 5.69 Å². The highest BCUT2D eigenvalue weighted by molar-refractivity contribution is 5.91. The van der Waals surface area contributed by atoms with Crippen LogP contribution < -0.4 is 0 Å². The Morgan fingerprint density at radius 3 is 2.34 bits per heavy atom. The van der Waals surface area contributed by atoms with E-state index in [0.717, 1.165) is 36.9 Å². The summed E-state index contributed by atoms with van der Waals surface area (Å²) in [7, 11) is 0. The predicted molar refractivity (Wildman–Crippen MR) is 108 cm³/mol. The first-order valence-electron chi connectivity index (χ1n) is 10.1. The van der Waals surface area contributed by atoms with Crippen molar-refractivity contribution in [2.75, 3.05) is 6.61 Å². The SMILES string of the molecule is CC(C)N(C(=O)COC(=O)c1nn(-c2ccc(F)cc2)c2c1CCCC2)C(C)C. The molecule has 0 unspecified atom stereocenters. The van der Waals surface area contributed by atoms with Crippen molar-refractivity contribution in [3.8, 4) is 5.69 Å². The smallest absolute Gasteiger partial charge is 0.359 e. The number of amides is 1. The van der Waals surface area contributed by atoms with Gasteiger partial charge in [0, 0.05) is 23.3 Å². The minimum absolute atomic E-state index is 0.0200. The third-order valence-electron chi connectivity index (χ3n) is 5.17. The van der Waals surface area contributed by atoms with Gasteiger partial charge in [0.05, 0.1) is 5.69 Å². The molecule has 7 heteroatoms. The lowest BCUT2D eigenvalue weighted by molar-refractivity contribution is -0.138. The number of nitrogens with zero attached hydrogens (tertiary/aromatic N) is 3. The van der Waals surface area contributed by atoms with Crippen LogP contribution in [0.3, 0.4) is 0 Å². The van der Waals surface area contributed by atoms with Crippen LogP contribution in [0.5, 0.6) is 0 Å². The molecular formula is C22H28FN3O3. The Hall–Kier alpha value is -2.70. The van der Waals surface area contributed by atoms with Crippen LogP contribution in [0.15, 0.2) is 24.3 Å². The Labute approximate surface area is 170 Å². The van der Waals surface area contributed by atoms with Gasteiger partial charge in [-0.3, -0.25) is 4.79 Å². The lowest BCUT2D eigenvalue weighted by Crippen LogP contribution is -2.44. The van der Waals surface area contributed by atoms with E-state index in [9.17, 15) is 14.0 Å². The molecule has 1 aromatic heterocycles. The fourth-order valence-corrected chi connectivity index (χ4v) is 4.00. The third kappa shape index (κ3) is 4.49. The maximum atomic E-state index is 13.3. The highest BCUT2D eigenvalue weighted by Crippen LogP contribution is 2.27. The van der Waals surface area contributed by atoms with Crippen LogP contribution in [0.1, 0.15) is 62.3 Å². The molecule has 0 radical (unpaired) electrons. The van der Waals surface area contributed by atoms with Gasteiger partial charge in [-0.1, -0.05) is 0 Å². The van der Waals surface area contributed by atoms with Gasteiger partial charge in [0.1, 0.15) is 5.82 Å². The largest absolute Gasteiger partial charge is 0.451 e. The molecule has 2 aromatic rings. The molecule has 1 aliphatic carbocycles. The molecule has 0 fully saturated rings. The Morgan fingerprint density at radius 2 is 1.72 bits per heavy atom. The Bertz CT molecular complexity index is 879. The van der Waals surface area contributed by atoms with Crippen molar-refractivity contribution >= 4 is 11.9 Å². The molecule has 6 nitrogen and oxygen atoms in total. The number of esters is 1. The number of aromatic nitrogens is 2. The first-order chi connectivity index (χ1) is 13.8. The fourth-order valence-electron chi connectivity index (χ4n) is 4.00. The van der Waals surface area contributed by atoms with E-state index in [1.807, 2.05) is 27.7 Å². The molecule has 1 heterocycles. The Balaban J connectivity index is 1.82. The van der Waals surface area contributed by atoms with Crippen LogP contribution in [0, 0.1) is 5.82 Å². The van der Waals surface area contributed by atoms with E-state index in [1.165, 1.54) is 12.1 Å². The maximum absolute atomic E-state index is 13.3. The van der Waals surface area contributed by atoms with Crippen molar-refractivity contribution in [1.29, 1.82) is 0 Å². The van der Waals surface area contributed by atoms with Gasteiger partial charge in [-0.15, -0.1) is 0 Å². The normalized spacial score (nSPS) is 13.5. The van der Waals surface area contributed by atoms with Crippen molar-refractivity contribution in [1.82, 2.24) is 14.7 Å². The number of carbonyl (C=O) groups is 2. The van der Waals surface area contributed by atoms with E-state index >= 15 is 0 Å². The summed E-state index contributed by atoms with van der Waals surface area (Å²) in [5, 5.41) is 4.48. The van der Waals surface area contributed by atoms with Gasteiger partial charge in [-0.2, -0.15) is 5.10 Å². The minimum atomic E-state index is -0.593. The molecule has 0 spiro atoms. The van der Waals surface area contributed by atoms with Crippen molar-refractivity contribution in [2.24, 2.45) is 0 Å². The van der Waals surface area contributed by atoms with Crippen LogP contribution in [-0.2, 0) is 22.4 Å². The monoisotopic (exact) mass is 401 g/mol. The highest BCUT2D eigenvalue weighted by Gasteiger charge is 2.28. The van der Waals surface area contributed by atoms with Crippen LogP contribution in [0.2, 0.25) is 0 Å². The van der Waals surface area contributed by atoms with E-state index in [2.05, 4.69) is 5.10 Å². The summed E-state index contributed by atoms with van der Waals surface area (Å²) in [4.78, 5) is 26.9. The molecule has 0 bridgehead atoms. The standard InChI is InChI=1S/C22H28FN3O3/c1-14(2)25(15(3)4)20(27)13-29-22(28)21-18-7-5-6-8-19(18)26(24-21)17-11-9-16(23)10-12-17/h9-12,14-15H,5-8,13H2,1-4H3. The van der Waals surface area contributed by atoms with Gasteiger partial charge < -0.3 is 9.64 Å². The van der Waals surface area contributed by atoms with Crippen molar-refractivity contribution in [3.05, 3.63) is 47.0 Å². The van der Waals surface area contributed by atoms with Gasteiger partial charge in [-0.25, -0.2) is 13.9 Å². The third-order valence-corrected chi connectivity index (χ3v) is 5.17. The van der Waals surface area contributed by atoms with Gasteiger partial charge in [0.15, 0.2) is 12.3 Å². The summed E-state index contributed by atoms with van der Waals surface area (Å²) in [6, 6.07) is 6.06. The summed E-state index contributed by atoms with van der Waals surface area (Å²) >= 11 is 0. The van der Waals surface area contributed by atoms with Crippen LogP contribution in [0.25, 0.3) is 5.69 Å². The Morgan fingerprint density at radius 1 is 1.10 bits per heavy atom. The fraction of sp³-hybridized carbons (Fsp3) is 0.500. The van der Waals surface area contributed by atoms with E-state index in [1.54, 1.807) is 21.7 Å². The van der Waals surface area contributed by atoms with Crippen molar-refractivity contribution in [2.45, 2.75) is 65.5 Å². The predicted octanol–water partition coefficient (Wildman–Crippen LogP) is 3.69. The number of benzene rings is 1. The average molecular weight is 401 g/mol. The number of hydrogen-bond acceptors (Lipinski definition) is 4. The van der Waals surface area contributed by atoms with Crippen molar-refractivity contribution in [3.63, 3.8) is 0 Å². The lowest BCUT2D eigenvalue weighted by Gasteiger charge is -2.30. The number of halogens is 1. The zero-order chi connectivity index (χ0) is 21.1. The Kier molecular flexibility index (Phi) is 6.35. The second kappa shape index (κ2) is 8.76. The van der Waals surface area contributed by atoms with Gasteiger partial charge in [0.25, 0.3) is 5.91 Å². The molecule has 0 N–H and O–H groups in total. The second-order valence-corrected chi connectivity index (χ2v) is 7.93. The summed E-state index contributed by atoms with van der Waals surface area (Å²) in [6.07, 6.45) is 3.50. The molecular weight excluding hydrogens is 373 g/mol. The highest BCUT2D eigenvalue weighted by atomic mass is 19.1. The number of rotatable bonds is 6. The molecule has 1 amide bonds. The molecule has 1 aliphatic rings. The van der Waals surface area contributed by atoms with Gasteiger partial charge in [0.2, 0.25) is 0 Å². The average Bonchev–Trinajstić information content (AvgIpc) is 3.06. The summed E-state index contributed by atoms with van der Waals surface area (Å²) in [5.41, 5.74) is 2.76. The second-order valence-electron chi connectivity index (χ2n) is 7.93. The van der Waals surface area contributed by atoms with Crippen LogP contribution >= 0.6 is 0 Å². The quantitative estimate of drug-likeness (QED) is 0.693. The summed E-state index contributed by atoms with van der Waals surface area (Å²) in [5.74, 6) is -1.15. The molecule has 3 rings (SSSR count). The van der Waals surface area contributed by atoms with E-state index < -0.39 is 5.97 Å². The molecule has 29 heavy (non-hydrogen) atoms. The topological polar surface area (TPSA) is 64.4 Å². The number of hydrogen-bond donors (Lipinski definition) is 0. The van der Waals surface area contributed by atoms with E-state index in [-0.39, 0.29) is 36.1 Å². The van der Waals surface area contributed by atoms with Crippen LogP contribution in [0.4, 0.5) is 4.39 Å². The van der Waals surface area contributed by atoms with Crippen LogP contribution in [-0.4, -0.2) is 45.2 Å². The molecule has 0 saturated heterocycles. The molecule has 0 aliphatic heterocycles. The van der Waals surface area contributed by atoms with Gasteiger partial charge >= 0.3 is 5.97 Å². The first kappa shape index (κ1) is 21.0. The van der Waals surface area contributed by atoms with E-state index in [4.69, 9.17) is 4.74 Å². The summed E-state index contributed by atoms with van der Waals surface area (Å²) < 4.78 is 20.3. The van der Waals surface area contributed by atoms with Gasteiger partial charge in [-0.05, 0) is 77.6 Å². The minimum Gasteiger partial charge on any atom is -0.451 e. The number of ether oxygens (including phenoxy) is 1. The number of fused-ring (bicyclic) bond motifs is 1. The maximum Gasteiger partial charge on any atom is 0.359 e. The first-order valence-corrected chi connectivity index (χ1v) is 10.1. The molecule has 0 saturated carbocycles. The lowest BCUT2D eigenvalue weighted by atomic mass is 9.95. The van der Waals surface area contributed by atoms with Crippen molar-refractivity contribution < 1.29 is 18.7 Å².